The van der Waals surface area contributed by atoms with Crippen molar-refractivity contribution < 1.29 is 0 Å². The first-order valence-corrected chi connectivity index (χ1v) is 20.8. The highest BCUT2D eigenvalue weighted by molar-refractivity contribution is 6.16. The third kappa shape index (κ3) is 5.74. The van der Waals surface area contributed by atoms with Crippen molar-refractivity contribution in [3.63, 3.8) is 0 Å². The van der Waals surface area contributed by atoms with Crippen LogP contribution in [0.5, 0.6) is 0 Å². The van der Waals surface area contributed by atoms with Crippen LogP contribution in [0.4, 0.5) is 0 Å². The van der Waals surface area contributed by atoms with Crippen LogP contribution in [-0.4, -0.2) is 14.5 Å². The second kappa shape index (κ2) is 14.3. The molecule has 0 spiro atoms. The quantitative estimate of drug-likeness (QED) is 0.168. The number of benzene rings is 10. The molecular formula is C58H37N3. The molecule has 2 aromatic heterocycles. The maximum atomic E-state index is 5.21. The molecule has 0 aliphatic carbocycles. The predicted octanol–water partition coefficient (Wildman–Crippen LogP) is 15.4. The van der Waals surface area contributed by atoms with E-state index in [-0.39, 0.29) is 0 Å². The third-order valence-corrected chi connectivity index (χ3v) is 12.3. The number of hydrogen-bond acceptors (Lipinski definition) is 2. The summed E-state index contributed by atoms with van der Waals surface area (Å²) in [6, 6.07) is 80.5. The molecule has 0 radical (unpaired) electrons. The smallest absolute Gasteiger partial charge is 0.160 e. The lowest BCUT2D eigenvalue weighted by Crippen LogP contribution is -1.97. The molecule has 0 bridgehead atoms. The zero-order chi connectivity index (χ0) is 40.3. The second-order valence-electron chi connectivity index (χ2n) is 15.7. The van der Waals surface area contributed by atoms with E-state index in [4.69, 9.17) is 9.97 Å². The van der Waals surface area contributed by atoms with Gasteiger partial charge in [-0.3, -0.25) is 0 Å². The van der Waals surface area contributed by atoms with Crippen LogP contribution in [0.15, 0.2) is 224 Å². The minimum absolute atomic E-state index is 0.710. The van der Waals surface area contributed by atoms with Crippen LogP contribution in [0.1, 0.15) is 0 Å². The molecule has 12 aromatic rings. The molecule has 10 aromatic carbocycles. The molecule has 0 saturated heterocycles. The first-order chi connectivity index (χ1) is 30.3. The largest absolute Gasteiger partial charge is 0.309 e. The van der Waals surface area contributed by atoms with Crippen LogP contribution in [0, 0.1) is 0 Å². The van der Waals surface area contributed by atoms with Gasteiger partial charge in [-0.2, -0.15) is 0 Å². The van der Waals surface area contributed by atoms with Gasteiger partial charge in [0.25, 0.3) is 0 Å². The van der Waals surface area contributed by atoms with Crippen molar-refractivity contribution in [1.29, 1.82) is 0 Å². The standard InChI is InChI=1S/C58H37N3/c1-3-17-38(18-4-1)53-37-54(60-58(59-53)39-19-5-2-6-20-39)49-34-33-47(42-23-9-10-24-43(42)49)45-31-32-46(41-22-8-7-21-40(41)45)48-35-36-57(50-26-12-11-25-44(48)50)61-55-29-15-13-27-51(55)52-28-14-16-30-56(52)61/h1-37H. The van der Waals surface area contributed by atoms with Crippen LogP contribution in [-0.2, 0) is 0 Å². The summed E-state index contributed by atoms with van der Waals surface area (Å²) in [7, 11) is 0. The number of rotatable bonds is 6. The molecule has 0 N–H and O–H groups in total. The summed E-state index contributed by atoms with van der Waals surface area (Å²) in [6.07, 6.45) is 0. The molecule has 2 heterocycles. The molecule has 0 fully saturated rings. The highest BCUT2D eigenvalue weighted by atomic mass is 15.0. The van der Waals surface area contributed by atoms with E-state index in [1.165, 1.54) is 76.7 Å². The summed E-state index contributed by atoms with van der Waals surface area (Å²) in [5, 5.41) is 9.74. The van der Waals surface area contributed by atoms with Crippen molar-refractivity contribution in [3.05, 3.63) is 224 Å². The van der Waals surface area contributed by atoms with Crippen molar-refractivity contribution in [2.45, 2.75) is 0 Å². The summed E-state index contributed by atoms with van der Waals surface area (Å²) in [6.45, 7) is 0. The molecule has 3 nitrogen and oxygen atoms in total. The number of para-hydroxylation sites is 2. The van der Waals surface area contributed by atoms with Crippen molar-refractivity contribution in [3.8, 4) is 61.8 Å². The molecule has 0 aliphatic rings. The van der Waals surface area contributed by atoms with Gasteiger partial charge in [-0.25, -0.2) is 9.97 Å². The average Bonchev–Trinajstić information content (AvgIpc) is 3.67. The van der Waals surface area contributed by atoms with Gasteiger partial charge in [0, 0.05) is 32.8 Å². The fourth-order valence-corrected chi connectivity index (χ4v) is 9.48. The molecule has 12 rings (SSSR count). The average molecular weight is 776 g/mol. The molecule has 61 heavy (non-hydrogen) atoms. The first kappa shape index (κ1) is 34.9. The van der Waals surface area contributed by atoms with Crippen LogP contribution in [0.2, 0.25) is 0 Å². The zero-order valence-electron chi connectivity index (χ0n) is 33.2. The Bertz CT molecular complexity index is 3530. The van der Waals surface area contributed by atoms with E-state index in [2.05, 4.69) is 205 Å². The Morgan fingerprint density at radius 2 is 0.623 bits per heavy atom. The van der Waals surface area contributed by atoms with Gasteiger partial charge in [0.1, 0.15) is 0 Å². The summed E-state index contributed by atoms with van der Waals surface area (Å²) in [5.74, 6) is 0.710. The van der Waals surface area contributed by atoms with Crippen LogP contribution >= 0.6 is 0 Å². The molecule has 0 unspecified atom stereocenters. The van der Waals surface area contributed by atoms with Gasteiger partial charge in [0.15, 0.2) is 5.82 Å². The van der Waals surface area contributed by atoms with Gasteiger partial charge < -0.3 is 4.57 Å². The van der Waals surface area contributed by atoms with E-state index in [1.54, 1.807) is 0 Å². The van der Waals surface area contributed by atoms with Crippen molar-refractivity contribution >= 4 is 54.1 Å². The van der Waals surface area contributed by atoms with Gasteiger partial charge in [0.2, 0.25) is 0 Å². The molecule has 3 heteroatoms. The Balaban J connectivity index is 1.02. The highest BCUT2D eigenvalue weighted by Crippen LogP contribution is 2.44. The SMILES string of the molecule is c1ccc(-c2cc(-c3ccc(-c4ccc(-c5ccc(-n6c7ccccc7c7ccccc76)c6ccccc56)c5ccccc45)c4ccccc34)nc(-c3ccccc3)n2)cc1. The molecule has 0 aliphatic heterocycles. The van der Waals surface area contributed by atoms with Crippen molar-refractivity contribution in [2.75, 3.05) is 0 Å². The Labute approximate surface area is 353 Å². The topological polar surface area (TPSA) is 30.7 Å². The zero-order valence-corrected chi connectivity index (χ0v) is 33.2. The maximum Gasteiger partial charge on any atom is 0.160 e. The van der Waals surface area contributed by atoms with E-state index < -0.39 is 0 Å². The molecule has 284 valence electrons. The highest BCUT2D eigenvalue weighted by Gasteiger charge is 2.19. The summed E-state index contributed by atoms with van der Waals surface area (Å²) in [4.78, 5) is 10.3. The Morgan fingerprint density at radius 1 is 0.262 bits per heavy atom. The molecule has 0 saturated carbocycles. The number of hydrogen-bond donors (Lipinski definition) is 0. The predicted molar refractivity (Wildman–Crippen MR) is 256 cm³/mol. The lowest BCUT2D eigenvalue weighted by atomic mass is 9.87. The fourth-order valence-electron chi connectivity index (χ4n) is 9.48. The Hall–Kier alpha value is -8.14. The van der Waals surface area contributed by atoms with E-state index in [9.17, 15) is 0 Å². The van der Waals surface area contributed by atoms with Crippen LogP contribution in [0.25, 0.3) is 116 Å². The fraction of sp³-hybridized carbons (Fsp3) is 0. The van der Waals surface area contributed by atoms with Crippen molar-refractivity contribution in [1.82, 2.24) is 14.5 Å². The van der Waals surface area contributed by atoms with Crippen LogP contribution in [0.3, 0.4) is 0 Å². The number of aromatic nitrogens is 3. The van der Waals surface area contributed by atoms with Crippen molar-refractivity contribution in [2.24, 2.45) is 0 Å². The second-order valence-corrected chi connectivity index (χ2v) is 15.7. The van der Waals surface area contributed by atoms with E-state index in [0.717, 1.165) is 33.5 Å². The monoisotopic (exact) mass is 775 g/mol. The molecule has 0 atom stereocenters. The summed E-state index contributed by atoms with van der Waals surface area (Å²) >= 11 is 0. The normalized spacial score (nSPS) is 11.6. The van der Waals surface area contributed by atoms with E-state index in [0.29, 0.717) is 5.82 Å². The van der Waals surface area contributed by atoms with Crippen LogP contribution < -0.4 is 0 Å². The Morgan fingerprint density at radius 3 is 1.15 bits per heavy atom. The first-order valence-electron chi connectivity index (χ1n) is 20.8. The van der Waals surface area contributed by atoms with E-state index in [1.807, 2.05) is 24.3 Å². The Kier molecular flexibility index (Phi) is 8.17. The summed E-state index contributed by atoms with van der Waals surface area (Å²) in [5.41, 5.74) is 13.3. The third-order valence-electron chi connectivity index (χ3n) is 12.3. The van der Waals surface area contributed by atoms with Gasteiger partial charge in [0.05, 0.1) is 28.1 Å². The van der Waals surface area contributed by atoms with Gasteiger partial charge in [-0.05, 0) is 73.5 Å². The number of fused-ring (bicyclic) bond motifs is 6. The lowest BCUT2D eigenvalue weighted by Gasteiger charge is -2.18. The van der Waals surface area contributed by atoms with Gasteiger partial charge in [-0.1, -0.05) is 200 Å². The van der Waals surface area contributed by atoms with E-state index >= 15 is 0 Å². The number of nitrogens with zero attached hydrogens (tertiary/aromatic N) is 3. The minimum atomic E-state index is 0.710. The lowest BCUT2D eigenvalue weighted by molar-refractivity contribution is 1.18. The summed E-state index contributed by atoms with van der Waals surface area (Å²) < 4.78 is 2.43. The maximum absolute atomic E-state index is 5.21. The molecular weight excluding hydrogens is 739 g/mol. The minimum Gasteiger partial charge on any atom is -0.309 e. The van der Waals surface area contributed by atoms with Gasteiger partial charge in [-0.15, -0.1) is 0 Å². The molecule has 0 amide bonds. The van der Waals surface area contributed by atoms with Gasteiger partial charge >= 0.3 is 0 Å².